The lowest BCUT2D eigenvalue weighted by molar-refractivity contribution is 0.336. The molecule has 0 radical (unpaired) electrons. The third-order valence-corrected chi connectivity index (χ3v) is 4.69. The minimum absolute atomic E-state index is 0.154. The predicted molar refractivity (Wildman–Crippen MR) is 70.8 cm³/mol. The predicted octanol–water partition coefficient (Wildman–Crippen LogP) is 2.81. The molecule has 2 N–H and O–H groups in total. The standard InChI is InChI=1S/C14H19F2N3/c1-19(7-10-5-8-2-3-9(10)4-8)14-12(16)6-11(15)13(17)18-14/h6,8-10H,2-5,7H2,1H3,(H2,17,18). The van der Waals surface area contributed by atoms with E-state index < -0.39 is 11.6 Å². The van der Waals surface area contributed by atoms with E-state index in [-0.39, 0.29) is 11.6 Å². The van der Waals surface area contributed by atoms with Gasteiger partial charge in [0.1, 0.15) is 0 Å². The van der Waals surface area contributed by atoms with Gasteiger partial charge in [-0.2, -0.15) is 0 Å². The highest BCUT2D eigenvalue weighted by molar-refractivity contribution is 5.46. The summed E-state index contributed by atoms with van der Waals surface area (Å²) in [6.45, 7) is 0.774. The second-order valence-corrected chi connectivity index (χ2v) is 5.98. The maximum Gasteiger partial charge on any atom is 0.168 e. The van der Waals surface area contributed by atoms with Gasteiger partial charge in [-0.05, 0) is 37.0 Å². The third-order valence-electron chi connectivity index (χ3n) is 4.69. The van der Waals surface area contributed by atoms with E-state index in [4.69, 9.17) is 5.73 Å². The van der Waals surface area contributed by atoms with E-state index in [1.165, 1.54) is 25.7 Å². The summed E-state index contributed by atoms with van der Waals surface area (Å²) in [4.78, 5) is 5.60. The molecule has 1 aromatic heterocycles. The van der Waals surface area contributed by atoms with Gasteiger partial charge in [-0.15, -0.1) is 0 Å². The Kier molecular flexibility index (Phi) is 3.07. The first-order valence-corrected chi connectivity index (χ1v) is 6.87. The maximum absolute atomic E-state index is 13.7. The molecule has 1 aromatic rings. The fourth-order valence-corrected chi connectivity index (χ4v) is 3.78. The van der Waals surface area contributed by atoms with Crippen LogP contribution in [0.3, 0.4) is 0 Å². The monoisotopic (exact) mass is 267 g/mol. The van der Waals surface area contributed by atoms with Gasteiger partial charge in [0.25, 0.3) is 0 Å². The van der Waals surface area contributed by atoms with Gasteiger partial charge in [-0.3, -0.25) is 0 Å². The number of pyridine rings is 1. The van der Waals surface area contributed by atoms with Crippen molar-refractivity contribution in [1.29, 1.82) is 0 Å². The number of rotatable bonds is 3. The molecule has 2 bridgehead atoms. The fourth-order valence-electron chi connectivity index (χ4n) is 3.78. The van der Waals surface area contributed by atoms with Crippen LogP contribution in [0, 0.1) is 29.4 Å². The number of halogens is 2. The Morgan fingerprint density at radius 2 is 2.11 bits per heavy atom. The Hall–Kier alpha value is -1.39. The van der Waals surface area contributed by atoms with Gasteiger partial charge in [-0.1, -0.05) is 6.42 Å². The van der Waals surface area contributed by atoms with Crippen LogP contribution in [-0.4, -0.2) is 18.6 Å². The lowest BCUT2D eigenvalue weighted by Gasteiger charge is -2.28. The first-order chi connectivity index (χ1) is 9.04. The van der Waals surface area contributed by atoms with Gasteiger partial charge in [0, 0.05) is 19.7 Å². The minimum Gasteiger partial charge on any atom is -0.381 e. The Balaban J connectivity index is 1.73. The van der Waals surface area contributed by atoms with Crippen molar-refractivity contribution >= 4 is 11.6 Å². The molecule has 3 atom stereocenters. The van der Waals surface area contributed by atoms with E-state index in [0.29, 0.717) is 5.92 Å². The molecule has 2 fully saturated rings. The van der Waals surface area contributed by atoms with Gasteiger partial charge < -0.3 is 10.6 Å². The van der Waals surface area contributed by atoms with Crippen molar-refractivity contribution in [2.24, 2.45) is 17.8 Å². The van der Waals surface area contributed by atoms with Crippen LogP contribution in [0.4, 0.5) is 20.4 Å². The van der Waals surface area contributed by atoms with E-state index >= 15 is 0 Å². The van der Waals surface area contributed by atoms with Crippen LogP contribution < -0.4 is 10.6 Å². The van der Waals surface area contributed by atoms with E-state index in [1.54, 1.807) is 11.9 Å². The summed E-state index contributed by atoms with van der Waals surface area (Å²) >= 11 is 0. The fraction of sp³-hybridized carbons (Fsp3) is 0.643. The van der Waals surface area contributed by atoms with Crippen molar-refractivity contribution in [3.8, 4) is 0 Å². The zero-order chi connectivity index (χ0) is 13.6. The Labute approximate surface area is 111 Å². The third kappa shape index (κ3) is 2.26. The molecule has 2 aliphatic rings. The number of nitrogen functional groups attached to an aromatic ring is 1. The first kappa shape index (κ1) is 12.6. The lowest BCUT2D eigenvalue weighted by Crippen LogP contribution is -2.30. The molecule has 19 heavy (non-hydrogen) atoms. The van der Waals surface area contributed by atoms with Crippen LogP contribution in [0.25, 0.3) is 0 Å². The largest absolute Gasteiger partial charge is 0.381 e. The number of hydrogen-bond donors (Lipinski definition) is 1. The first-order valence-electron chi connectivity index (χ1n) is 6.87. The minimum atomic E-state index is -0.797. The molecule has 3 unspecified atom stereocenters. The van der Waals surface area contributed by atoms with Crippen molar-refractivity contribution in [2.75, 3.05) is 24.2 Å². The lowest BCUT2D eigenvalue weighted by atomic mass is 9.88. The molecule has 0 spiro atoms. The van der Waals surface area contributed by atoms with Crippen molar-refractivity contribution in [3.05, 3.63) is 17.7 Å². The number of nitrogens with zero attached hydrogens (tertiary/aromatic N) is 2. The van der Waals surface area contributed by atoms with Crippen LogP contribution in [-0.2, 0) is 0 Å². The quantitative estimate of drug-likeness (QED) is 0.915. The topological polar surface area (TPSA) is 42.2 Å². The second-order valence-electron chi connectivity index (χ2n) is 5.98. The van der Waals surface area contributed by atoms with E-state index in [0.717, 1.165) is 24.4 Å². The van der Waals surface area contributed by atoms with E-state index in [1.807, 2.05) is 0 Å². The van der Waals surface area contributed by atoms with Crippen molar-refractivity contribution in [1.82, 2.24) is 4.98 Å². The highest BCUT2D eigenvalue weighted by Crippen LogP contribution is 2.48. The van der Waals surface area contributed by atoms with Crippen molar-refractivity contribution in [2.45, 2.75) is 25.7 Å². The van der Waals surface area contributed by atoms with Gasteiger partial charge in [-0.25, -0.2) is 13.8 Å². The average Bonchev–Trinajstić information content (AvgIpc) is 2.95. The number of fused-ring (bicyclic) bond motifs is 2. The molecular formula is C14H19F2N3. The Morgan fingerprint density at radius 1 is 1.32 bits per heavy atom. The number of hydrogen-bond acceptors (Lipinski definition) is 3. The molecule has 2 aliphatic carbocycles. The summed E-state index contributed by atoms with van der Waals surface area (Å²) in [7, 11) is 1.80. The zero-order valence-corrected chi connectivity index (χ0v) is 11.1. The normalized spacial score (nSPS) is 28.9. The maximum atomic E-state index is 13.7. The van der Waals surface area contributed by atoms with Crippen molar-refractivity contribution in [3.63, 3.8) is 0 Å². The summed E-state index contributed by atoms with van der Waals surface area (Å²) in [5.74, 6) is 0.717. The zero-order valence-electron chi connectivity index (χ0n) is 11.1. The van der Waals surface area contributed by atoms with E-state index in [2.05, 4.69) is 4.98 Å². The summed E-state index contributed by atoms with van der Waals surface area (Å²) < 4.78 is 26.8. The molecule has 0 amide bonds. The molecule has 3 rings (SSSR count). The van der Waals surface area contributed by atoms with Gasteiger partial charge >= 0.3 is 0 Å². The molecule has 0 saturated heterocycles. The van der Waals surface area contributed by atoms with Crippen LogP contribution >= 0.6 is 0 Å². The molecule has 3 nitrogen and oxygen atoms in total. The van der Waals surface area contributed by atoms with Gasteiger partial charge in [0.2, 0.25) is 0 Å². The van der Waals surface area contributed by atoms with E-state index in [9.17, 15) is 8.78 Å². The highest BCUT2D eigenvalue weighted by atomic mass is 19.1. The SMILES string of the molecule is CN(CC1CC2CCC1C2)c1nc(N)c(F)cc1F. The second kappa shape index (κ2) is 4.62. The number of anilines is 2. The summed E-state index contributed by atoms with van der Waals surface area (Å²) in [6.07, 6.45) is 5.19. The molecule has 1 heterocycles. The molecule has 2 saturated carbocycles. The van der Waals surface area contributed by atoms with Crippen LogP contribution in [0.5, 0.6) is 0 Å². The molecule has 104 valence electrons. The summed E-state index contributed by atoms with van der Waals surface area (Å²) in [5, 5.41) is 0. The van der Waals surface area contributed by atoms with Gasteiger partial charge in [0.05, 0.1) is 0 Å². The molecule has 5 heteroatoms. The molecule has 0 aliphatic heterocycles. The highest BCUT2D eigenvalue weighted by Gasteiger charge is 2.39. The molecule has 0 aromatic carbocycles. The van der Waals surface area contributed by atoms with Crippen molar-refractivity contribution < 1.29 is 8.78 Å². The number of nitrogens with two attached hydrogens (primary N) is 1. The molecular weight excluding hydrogens is 248 g/mol. The van der Waals surface area contributed by atoms with Gasteiger partial charge in [0.15, 0.2) is 23.3 Å². The summed E-state index contributed by atoms with van der Waals surface area (Å²) in [5.41, 5.74) is 5.42. The Morgan fingerprint density at radius 3 is 2.74 bits per heavy atom. The average molecular weight is 267 g/mol. The van der Waals surface area contributed by atoms with Crippen LogP contribution in [0.15, 0.2) is 6.07 Å². The number of aromatic nitrogens is 1. The Bertz CT molecular complexity index is 492. The van der Waals surface area contributed by atoms with Crippen LogP contribution in [0.2, 0.25) is 0 Å². The summed E-state index contributed by atoms with van der Waals surface area (Å²) in [6, 6.07) is 0.814. The van der Waals surface area contributed by atoms with Crippen LogP contribution in [0.1, 0.15) is 25.7 Å². The smallest absolute Gasteiger partial charge is 0.168 e.